The summed E-state index contributed by atoms with van der Waals surface area (Å²) >= 11 is 3.57. The summed E-state index contributed by atoms with van der Waals surface area (Å²) in [5.74, 6) is 0.726. The largest absolute Gasteiger partial charge is 0.497 e. The summed E-state index contributed by atoms with van der Waals surface area (Å²) in [5.41, 5.74) is 3.16. The molecule has 2 N–H and O–H groups in total. The van der Waals surface area contributed by atoms with Crippen molar-refractivity contribution in [3.05, 3.63) is 100 Å². The van der Waals surface area contributed by atoms with Gasteiger partial charge in [0.05, 0.1) is 19.7 Å². The molecule has 0 heterocycles. The first kappa shape index (κ1) is 21.1. The second-order valence-corrected chi connectivity index (χ2v) is 7.66. The number of benzene rings is 3. The first-order valence-electron chi connectivity index (χ1n) is 9.54. The van der Waals surface area contributed by atoms with E-state index < -0.39 is 0 Å². The Kier molecular flexibility index (Phi) is 7.44. The maximum absolute atomic E-state index is 12.7. The van der Waals surface area contributed by atoms with E-state index >= 15 is 0 Å². The van der Waals surface area contributed by atoms with Gasteiger partial charge in [0, 0.05) is 10.5 Å². The molecule has 3 rings (SSSR count). The maximum Gasteiger partial charge on any atom is 0.234 e. The average molecular weight is 453 g/mol. The van der Waals surface area contributed by atoms with Crippen LogP contribution in [0, 0.1) is 0 Å². The van der Waals surface area contributed by atoms with Gasteiger partial charge in [-0.2, -0.15) is 0 Å². The predicted octanol–water partition coefficient (Wildman–Crippen LogP) is 5.01. The van der Waals surface area contributed by atoms with Gasteiger partial charge in [-0.05, 0) is 41.8 Å². The molecule has 1 amide bonds. The minimum atomic E-state index is -0.227. The standard InChI is InChI=1S/C24H25BrN2O2/c1-17(21-10-6-7-11-22(21)25)26-16-23(28)27-24(18-8-4-3-5-9-18)19-12-14-20(29-2)15-13-19/h3-15,17,24,26H,16H2,1-2H3,(H,27,28)/t17-,24-/m1/s1. The molecule has 150 valence electrons. The molecule has 0 unspecified atom stereocenters. The second-order valence-electron chi connectivity index (χ2n) is 6.81. The first-order chi connectivity index (χ1) is 14.1. The number of nitrogens with one attached hydrogen (secondary N) is 2. The molecule has 0 aromatic heterocycles. The molecule has 0 spiro atoms. The number of methoxy groups -OCH3 is 1. The highest BCUT2D eigenvalue weighted by Crippen LogP contribution is 2.25. The molecule has 4 nitrogen and oxygen atoms in total. The van der Waals surface area contributed by atoms with Crippen molar-refractivity contribution in [1.82, 2.24) is 10.6 Å². The molecule has 0 aliphatic rings. The van der Waals surface area contributed by atoms with Crippen LogP contribution < -0.4 is 15.4 Å². The Morgan fingerprint density at radius 1 is 0.931 bits per heavy atom. The Labute approximate surface area is 180 Å². The monoisotopic (exact) mass is 452 g/mol. The van der Waals surface area contributed by atoms with Crippen molar-refractivity contribution >= 4 is 21.8 Å². The van der Waals surface area contributed by atoms with Crippen molar-refractivity contribution in [3.63, 3.8) is 0 Å². The van der Waals surface area contributed by atoms with Gasteiger partial charge in [-0.15, -0.1) is 0 Å². The number of ether oxygens (including phenoxy) is 1. The Balaban J connectivity index is 1.70. The molecular weight excluding hydrogens is 428 g/mol. The van der Waals surface area contributed by atoms with Crippen LogP contribution in [-0.4, -0.2) is 19.6 Å². The van der Waals surface area contributed by atoms with Crippen LogP contribution in [0.4, 0.5) is 0 Å². The van der Waals surface area contributed by atoms with E-state index in [9.17, 15) is 4.79 Å². The fourth-order valence-electron chi connectivity index (χ4n) is 3.19. The molecule has 0 bridgehead atoms. The molecule has 3 aromatic carbocycles. The molecule has 0 saturated heterocycles. The van der Waals surface area contributed by atoms with Gasteiger partial charge < -0.3 is 15.4 Å². The lowest BCUT2D eigenvalue weighted by molar-refractivity contribution is -0.120. The molecule has 3 aromatic rings. The maximum atomic E-state index is 12.7. The van der Waals surface area contributed by atoms with Crippen LogP contribution >= 0.6 is 15.9 Å². The van der Waals surface area contributed by atoms with Crippen molar-refractivity contribution < 1.29 is 9.53 Å². The lowest BCUT2D eigenvalue weighted by Gasteiger charge is -2.21. The Hall–Kier alpha value is -2.63. The number of hydrogen-bond acceptors (Lipinski definition) is 3. The van der Waals surface area contributed by atoms with Crippen LogP contribution in [0.2, 0.25) is 0 Å². The van der Waals surface area contributed by atoms with Gasteiger partial charge in [-0.3, -0.25) is 4.79 Å². The fourth-order valence-corrected chi connectivity index (χ4v) is 3.82. The molecule has 0 saturated carbocycles. The number of amides is 1. The van der Waals surface area contributed by atoms with E-state index in [4.69, 9.17) is 4.74 Å². The van der Waals surface area contributed by atoms with Crippen molar-refractivity contribution in [2.75, 3.05) is 13.7 Å². The SMILES string of the molecule is COc1ccc([C@H](NC(=O)CN[C@H](C)c2ccccc2Br)c2ccccc2)cc1. The number of carbonyl (C=O) groups is 1. The molecule has 2 atom stereocenters. The van der Waals surface area contributed by atoms with Crippen LogP contribution in [0.1, 0.15) is 35.7 Å². The average Bonchev–Trinajstić information content (AvgIpc) is 2.77. The van der Waals surface area contributed by atoms with Gasteiger partial charge >= 0.3 is 0 Å². The highest BCUT2D eigenvalue weighted by molar-refractivity contribution is 9.10. The highest BCUT2D eigenvalue weighted by atomic mass is 79.9. The van der Waals surface area contributed by atoms with Gasteiger partial charge in [0.15, 0.2) is 0 Å². The number of carbonyl (C=O) groups excluding carboxylic acids is 1. The lowest BCUT2D eigenvalue weighted by atomic mass is 9.98. The minimum absolute atomic E-state index is 0.0486. The molecule has 0 fully saturated rings. The zero-order valence-corrected chi connectivity index (χ0v) is 18.1. The third-order valence-corrected chi connectivity index (χ3v) is 5.55. The van der Waals surface area contributed by atoms with E-state index in [1.54, 1.807) is 7.11 Å². The van der Waals surface area contributed by atoms with Gasteiger partial charge in [0.1, 0.15) is 5.75 Å². The Morgan fingerprint density at radius 2 is 1.55 bits per heavy atom. The van der Waals surface area contributed by atoms with Crippen LogP contribution in [-0.2, 0) is 4.79 Å². The van der Waals surface area contributed by atoms with E-state index in [1.165, 1.54) is 0 Å². The third kappa shape index (κ3) is 5.68. The molecular formula is C24H25BrN2O2. The van der Waals surface area contributed by atoms with E-state index in [0.717, 1.165) is 26.9 Å². The summed E-state index contributed by atoms with van der Waals surface area (Å²) in [4.78, 5) is 12.7. The van der Waals surface area contributed by atoms with Gasteiger partial charge in [-0.25, -0.2) is 0 Å². The van der Waals surface area contributed by atoms with Crippen molar-refractivity contribution in [2.45, 2.75) is 19.0 Å². The summed E-state index contributed by atoms with van der Waals surface area (Å²) in [6.45, 7) is 2.27. The molecule has 0 aliphatic carbocycles. The quantitative estimate of drug-likeness (QED) is 0.504. The van der Waals surface area contributed by atoms with E-state index in [-0.39, 0.29) is 24.5 Å². The Bertz CT molecular complexity index is 929. The molecule has 0 radical (unpaired) electrons. The zero-order chi connectivity index (χ0) is 20.6. The minimum Gasteiger partial charge on any atom is -0.497 e. The van der Waals surface area contributed by atoms with Crippen molar-refractivity contribution in [3.8, 4) is 5.75 Å². The zero-order valence-electron chi connectivity index (χ0n) is 16.6. The van der Waals surface area contributed by atoms with Crippen LogP contribution in [0.5, 0.6) is 5.75 Å². The van der Waals surface area contributed by atoms with Gasteiger partial charge in [-0.1, -0.05) is 76.6 Å². The Morgan fingerprint density at radius 3 is 2.21 bits per heavy atom. The van der Waals surface area contributed by atoms with E-state index in [2.05, 4.69) is 26.6 Å². The smallest absolute Gasteiger partial charge is 0.234 e. The van der Waals surface area contributed by atoms with E-state index in [0.29, 0.717) is 0 Å². The summed E-state index contributed by atoms with van der Waals surface area (Å²) in [6, 6.07) is 25.6. The normalized spacial score (nSPS) is 12.8. The number of halogens is 1. The predicted molar refractivity (Wildman–Crippen MR) is 120 cm³/mol. The molecule has 5 heteroatoms. The van der Waals surface area contributed by atoms with Crippen LogP contribution in [0.15, 0.2) is 83.3 Å². The third-order valence-electron chi connectivity index (χ3n) is 4.83. The van der Waals surface area contributed by atoms with Gasteiger partial charge in [0.2, 0.25) is 5.91 Å². The van der Waals surface area contributed by atoms with E-state index in [1.807, 2.05) is 85.8 Å². The summed E-state index contributed by atoms with van der Waals surface area (Å²) < 4.78 is 6.28. The summed E-state index contributed by atoms with van der Waals surface area (Å²) in [5, 5.41) is 6.46. The molecule has 29 heavy (non-hydrogen) atoms. The topological polar surface area (TPSA) is 50.4 Å². The van der Waals surface area contributed by atoms with Crippen molar-refractivity contribution in [2.24, 2.45) is 0 Å². The van der Waals surface area contributed by atoms with Gasteiger partial charge in [0.25, 0.3) is 0 Å². The number of rotatable bonds is 8. The summed E-state index contributed by atoms with van der Waals surface area (Å²) in [7, 11) is 1.64. The second kappa shape index (κ2) is 10.2. The highest BCUT2D eigenvalue weighted by Gasteiger charge is 2.18. The van der Waals surface area contributed by atoms with Crippen LogP contribution in [0.3, 0.4) is 0 Å². The fraction of sp³-hybridized carbons (Fsp3) is 0.208. The first-order valence-corrected chi connectivity index (χ1v) is 10.3. The molecule has 0 aliphatic heterocycles. The lowest BCUT2D eigenvalue weighted by Crippen LogP contribution is -2.37. The van der Waals surface area contributed by atoms with Crippen molar-refractivity contribution in [1.29, 1.82) is 0 Å². The van der Waals surface area contributed by atoms with Crippen LogP contribution in [0.25, 0.3) is 0 Å². The number of hydrogen-bond donors (Lipinski definition) is 2. The summed E-state index contributed by atoms with van der Waals surface area (Å²) in [6.07, 6.45) is 0.